The zero-order valence-corrected chi connectivity index (χ0v) is 16.5. The predicted octanol–water partition coefficient (Wildman–Crippen LogP) is 2.83. The fourth-order valence-electron chi connectivity index (χ4n) is 2.89. The van der Waals surface area contributed by atoms with Crippen LogP contribution in [0.3, 0.4) is 0 Å². The highest BCUT2D eigenvalue weighted by molar-refractivity contribution is 7.92. The summed E-state index contributed by atoms with van der Waals surface area (Å²) in [6, 6.07) is 9.39. The number of nitrogens with one attached hydrogen (secondary N) is 1. The average Bonchev–Trinajstić information content (AvgIpc) is 3.04. The minimum atomic E-state index is -3.67. The molecule has 0 spiro atoms. The fourth-order valence-corrected chi connectivity index (χ4v) is 4.06. The van der Waals surface area contributed by atoms with Crippen molar-refractivity contribution in [1.29, 1.82) is 0 Å². The molecule has 7 nitrogen and oxygen atoms in total. The van der Waals surface area contributed by atoms with Crippen molar-refractivity contribution in [2.24, 2.45) is 0 Å². The van der Waals surface area contributed by atoms with E-state index in [9.17, 15) is 13.2 Å². The molecule has 2 aromatic carbocycles. The molecule has 1 unspecified atom stereocenters. The van der Waals surface area contributed by atoms with E-state index in [4.69, 9.17) is 9.47 Å². The molecule has 1 N–H and O–H groups in total. The number of carbonyl (C=O) groups excluding carboxylic acids is 1. The van der Waals surface area contributed by atoms with Gasteiger partial charge in [0.25, 0.3) is 0 Å². The summed E-state index contributed by atoms with van der Waals surface area (Å²) in [6.45, 7) is 5.53. The third-order valence-corrected chi connectivity index (χ3v) is 5.72. The molecular weight excluding hydrogens is 368 g/mol. The molecule has 0 saturated heterocycles. The normalized spacial score (nSPS) is 13.9. The van der Waals surface area contributed by atoms with Gasteiger partial charge in [-0.2, -0.15) is 0 Å². The van der Waals surface area contributed by atoms with Crippen LogP contribution in [0.5, 0.6) is 11.5 Å². The lowest BCUT2D eigenvalue weighted by atomic mass is 10.1. The Labute approximate surface area is 158 Å². The van der Waals surface area contributed by atoms with E-state index in [0.717, 1.165) is 21.7 Å². The van der Waals surface area contributed by atoms with E-state index in [0.29, 0.717) is 22.9 Å². The standard InChI is InChI=1S/C19H22N2O5S/c1-12-5-7-16(9-13(12)2)21(27(4,23)24)14(3)19(22)20-15-6-8-17-18(10-15)26-11-25-17/h5-10,14H,11H2,1-4H3,(H,20,22). The fraction of sp³-hybridized carbons (Fsp3) is 0.316. The van der Waals surface area contributed by atoms with Gasteiger partial charge in [0.2, 0.25) is 22.7 Å². The van der Waals surface area contributed by atoms with E-state index in [1.165, 1.54) is 0 Å². The van der Waals surface area contributed by atoms with Gasteiger partial charge in [0.1, 0.15) is 6.04 Å². The van der Waals surface area contributed by atoms with Gasteiger partial charge in [-0.1, -0.05) is 6.07 Å². The Hall–Kier alpha value is -2.74. The lowest BCUT2D eigenvalue weighted by Gasteiger charge is -2.28. The third kappa shape index (κ3) is 4.00. The van der Waals surface area contributed by atoms with Gasteiger partial charge in [0.05, 0.1) is 11.9 Å². The summed E-state index contributed by atoms with van der Waals surface area (Å²) in [5.41, 5.74) is 2.95. The smallest absolute Gasteiger partial charge is 0.247 e. The van der Waals surface area contributed by atoms with Crippen LogP contribution in [0.4, 0.5) is 11.4 Å². The van der Waals surface area contributed by atoms with Crippen LogP contribution < -0.4 is 19.1 Å². The van der Waals surface area contributed by atoms with Crippen LogP contribution in [0.25, 0.3) is 0 Å². The van der Waals surface area contributed by atoms with Crippen molar-refractivity contribution in [1.82, 2.24) is 0 Å². The SMILES string of the molecule is Cc1ccc(N(C(C)C(=O)Nc2ccc3c(c2)OCO3)S(C)(=O)=O)cc1C. The number of hydrogen-bond donors (Lipinski definition) is 1. The first-order valence-corrected chi connectivity index (χ1v) is 10.3. The molecule has 8 heteroatoms. The number of carbonyl (C=O) groups is 1. The minimum absolute atomic E-state index is 0.137. The van der Waals surface area contributed by atoms with Gasteiger partial charge in [0.15, 0.2) is 11.5 Å². The molecule has 27 heavy (non-hydrogen) atoms. The molecule has 3 rings (SSSR count). The average molecular weight is 390 g/mol. The first-order chi connectivity index (χ1) is 12.7. The number of sulfonamides is 1. The van der Waals surface area contributed by atoms with Crippen LogP contribution in [0.1, 0.15) is 18.1 Å². The monoisotopic (exact) mass is 390 g/mol. The van der Waals surface area contributed by atoms with Crippen LogP contribution in [-0.4, -0.2) is 33.4 Å². The summed E-state index contributed by atoms with van der Waals surface area (Å²) >= 11 is 0. The quantitative estimate of drug-likeness (QED) is 0.849. The summed E-state index contributed by atoms with van der Waals surface area (Å²) < 4.78 is 36.4. The van der Waals surface area contributed by atoms with Crippen LogP contribution in [-0.2, 0) is 14.8 Å². The van der Waals surface area contributed by atoms with Crippen LogP contribution >= 0.6 is 0 Å². The van der Waals surface area contributed by atoms with Gasteiger partial charge in [-0.05, 0) is 56.2 Å². The lowest BCUT2D eigenvalue weighted by molar-refractivity contribution is -0.116. The maximum Gasteiger partial charge on any atom is 0.247 e. The molecule has 0 bridgehead atoms. The third-order valence-electron chi connectivity index (χ3n) is 4.47. The van der Waals surface area contributed by atoms with Crippen molar-refractivity contribution in [2.45, 2.75) is 26.8 Å². The number of rotatable bonds is 5. The molecule has 0 saturated carbocycles. The number of amides is 1. The lowest BCUT2D eigenvalue weighted by Crippen LogP contribution is -2.45. The molecule has 0 aliphatic carbocycles. The second-order valence-corrected chi connectivity index (χ2v) is 8.42. The summed E-state index contributed by atoms with van der Waals surface area (Å²) in [7, 11) is -3.67. The van der Waals surface area contributed by atoms with Crippen LogP contribution in [0.2, 0.25) is 0 Å². The number of anilines is 2. The van der Waals surface area contributed by atoms with E-state index in [-0.39, 0.29) is 6.79 Å². The molecule has 0 radical (unpaired) electrons. The largest absolute Gasteiger partial charge is 0.454 e. The number of benzene rings is 2. The number of hydrogen-bond acceptors (Lipinski definition) is 5. The summed E-state index contributed by atoms with van der Waals surface area (Å²) in [5, 5.41) is 2.74. The molecule has 1 heterocycles. The topological polar surface area (TPSA) is 84.9 Å². The molecule has 1 amide bonds. The van der Waals surface area contributed by atoms with Gasteiger partial charge >= 0.3 is 0 Å². The van der Waals surface area contributed by atoms with Crippen LogP contribution in [0.15, 0.2) is 36.4 Å². The number of ether oxygens (including phenoxy) is 2. The highest BCUT2D eigenvalue weighted by Crippen LogP contribution is 2.34. The molecule has 2 aromatic rings. The Morgan fingerprint density at radius 3 is 2.44 bits per heavy atom. The minimum Gasteiger partial charge on any atom is -0.454 e. The second-order valence-electron chi connectivity index (χ2n) is 6.56. The van der Waals surface area contributed by atoms with Gasteiger partial charge in [-0.3, -0.25) is 9.10 Å². The van der Waals surface area contributed by atoms with Crippen molar-refractivity contribution in [2.75, 3.05) is 22.7 Å². The summed E-state index contributed by atoms with van der Waals surface area (Å²) in [4.78, 5) is 12.7. The van der Waals surface area contributed by atoms with E-state index in [1.807, 2.05) is 19.9 Å². The van der Waals surface area contributed by atoms with E-state index >= 15 is 0 Å². The molecule has 0 aromatic heterocycles. The summed E-state index contributed by atoms with van der Waals surface area (Å²) in [6.07, 6.45) is 1.09. The van der Waals surface area contributed by atoms with E-state index in [2.05, 4.69) is 5.32 Å². The number of aryl methyl sites for hydroxylation is 2. The first-order valence-electron chi connectivity index (χ1n) is 8.44. The van der Waals surface area contributed by atoms with Gasteiger partial charge in [0, 0.05) is 11.8 Å². The van der Waals surface area contributed by atoms with Crippen molar-refractivity contribution in [3.05, 3.63) is 47.5 Å². The zero-order valence-electron chi connectivity index (χ0n) is 15.6. The Morgan fingerprint density at radius 1 is 1.07 bits per heavy atom. The Kier molecular flexibility index (Phi) is 5.01. The molecule has 1 aliphatic heterocycles. The molecular formula is C19H22N2O5S. The van der Waals surface area contributed by atoms with E-state index < -0.39 is 22.0 Å². The van der Waals surface area contributed by atoms with Crippen molar-refractivity contribution in [3.63, 3.8) is 0 Å². The Bertz CT molecular complexity index is 988. The molecule has 0 fully saturated rings. The first kappa shape index (κ1) is 19.0. The van der Waals surface area contributed by atoms with Crippen molar-refractivity contribution >= 4 is 27.3 Å². The second kappa shape index (κ2) is 7.11. The van der Waals surface area contributed by atoms with Crippen LogP contribution in [0, 0.1) is 13.8 Å². The van der Waals surface area contributed by atoms with Gasteiger partial charge in [-0.25, -0.2) is 8.42 Å². The summed E-state index contributed by atoms with van der Waals surface area (Å²) in [5.74, 6) is 0.695. The van der Waals surface area contributed by atoms with Gasteiger partial charge in [-0.15, -0.1) is 0 Å². The van der Waals surface area contributed by atoms with Crippen molar-refractivity contribution < 1.29 is 22.7 Å². The van der Waals surface area contributed by atoms with Crippen molar-refractivity contribution in [3.8, 4) is 11.5 Å². The van der Waals surface area contributed by atoms with Gasteiger partial charge < -0.3 is 14.8 Å². The predicted molar refractivity (Wildman–Crippen MR) is 104 cm³/mol. The molecule has 1 aliphatic rings. The number of fused-ring (bicyclic) bond motifs is 1. The maximum absolute atomic E-state index is 12.7. The maximum atomic E-state index is 12.7. The Morgan fingerprint density at radius 2 is 1.78 bits per heavy atom. The Balaban J connectivity index is 1.86. The highest BCUT2D eigenvalue weighted by Gasteiger charge is 2.29. The molecule has 1 atom stereocenters. The van der Waals surface area contributed by atoms with E-state index in [1.54, 1.807) is 37.3 Å². The highest BCUT2D eigenvalue weighted by atomic mass is 32.2. The zero-order chi connectivity index (χ0) is 19.8. The molecule has 144 valence electrons. The number of nitrogens with zero attached hydrogens (tertiary/aromatic N) is 1.